The zero-order valence-corrected chi connectivity index (χ0v) is 20.5. The van der Waals surface area contributed by atoms with Crippen molar-refractivity contribution in [1.82, 2.24) is 5.32 Å². The van der Waals surface area contributed by atoms with E-state index < -0.39 is 61.0 Å². The van der Waals surface area contributed by atoms with Crippen LogP contribution in [0.4, 0.5) is 4.79 Å². The lowest BCUT2D eigenvalue weighted by atomic mass is 9.95. The Kier molecular flexibility index (Phi) is 8.54. The van der Waals surface area contributed by atoms with Crippen LogP contribution in [0.3, 0.4) is 0 Å². The Hall–Kier alpha value is 0.157. The molecule has 12 heteroatoms. The highest BCUT2D eigenvalue weighted by molar-refractivity contribution is 6.76. The molecule has 2 heterocycles. The van der Waals surface area contributed by atoms with Crippen molar-refractivity contribution in [2.24, 2.45) is 0 Å². The van der Waals surface area contributed by atoms with Gasteiger partial charge in [0.1, 0.15) is 31.0 Å². The zero-order valence-electron chi connectivity index (χ0n) is 17.2. The van der Waals surface area contributed by atoms with Crippen molar-refractivity contribution in [1.29, 1.82) is 0 Å². The van der Waals surface area contributed by atoms with Gasteiger partial charge in [0, 0.05) is 14.7 Å². The summed E-state index contributed by atoms with van der Waals surface area (Å²) < 4.78 is 26.5. The molecular formula is C17H30Cl3NO7Si. The van der Waals surface area contributed by atoms with E-state index in [1.54, 1.807) is 13.8 Å². The summed E-state index contributed by atoms with van der Waals surface area (Å²) >= 11 is 16.8. The van der Waals surface area contributed by atoms with Gasteiger partial charge in [-0.25, -0.2) is 4.79 Å². The second-order valence-electron chi connectivity index (χ2n) is 8.87. The molecule has 29 heavy (non-hydrogen) atoms. The normalized spacial score (nSPS) is 32.4. The van der Waals surface area contributed by atoms with Gasteiger partial charge in [-0.15, -0.1) is 0 Å². The minimum atomic E-state index is -1.74. The fourth-order valence-electron chi connectivity index (χ4n) is 2.95. The third-order valence-corrected chi connectivity index (χ3v) is 6.51. The van der Waals surface area contributed by atoms with Crippen LogP contribution in [0, 0.1) is 0 Å². The number of aliphatic hydroxyl groups is 1. The lowest BCUT2D eigenvalue weighted by molar-refractivity contribution is -0.368. The van der Waals surface area contributed by atoms with Crippen LogP contribution in [0.25, 0.3) is 0 Å². The summed E-state index contributed by atoms with van der Waals surface area (Å²) in [4.78, 5) is 12.2. The minimum absolute atomic E-state index is 0.229. The smallest absolute Gasteiger partial charge is 0.407 e. The molecular weight excluding hydrogens is 465 g/mol. The van der Waals surface area contributed by atoms with Gasteiger partial charge in [-0.05, 0) is 19.9 Å². The Bertz CT molecular complexity index is 570. The maximum absolute atomic E-state index is 12.2. The topological polar surface area (TPSA) is 95.5 Å². The maximum Gasteiger partial charge on any atom is 0.407 e. The third-order valence-electron chi connectivity index (χ3n) is 4.47. The van der Waals surface area contributed by atoms with Crippen molar-refractivity contribution in [2.45, 2.75) is 79.8 Å². The number of rotatable bonds is 6. The number of alkyl halides is 3. The van der Waals surface area contributed by atoms with Crippen LogP contribution in [0.1, 0.15) is 13.8 Å². The van der Waals surface area contributed by atoms with Gasteiger partial charge in [0.05, 0.1) is 6.61 Å². The summed E-state index contributed by atoms with van der Waals surface area (Å²) in [5, 5.41) is 13.5. The number of amides is 1. The molecule has 0 saturated carbocycles. The molecule has 2 saturated heterocycles. The molecule has 0 bridgehead atoms. The van der Waals surface area contributed by atoms with Crippen LogP contribution in [-0.4, -0.2) is 79.3 Å². The van der Waals surface area contributed by atoms with Crippen molar-refractivity contribution in [3.63, 3.8) is 0 Å². The van der Waals surface area contributed by atoms with Crippen LogP contribution in [-0.2, 0) is 23.7 Å². The molecule has 8 nitrogen and oxygen atoms in total. The summed E-state index contributed by atoms with van der Waals surface area (Å²) in [6.45, 7) is 10.4. The van der Waals surface area contributed by atoms with Gasteiger partial charge in [0.15, 0.2) is 12.1 Å². The largest absolute Gasteiger partial charge is 0.445 e. The van der Waals surface area contributed by atoms with E-state index in [-0.39, 0.29) is 6.61 Å². The molecule has 0 aliphatic carbocycles. The molecule has 0 aromatic heterocycles. The number of nitrogens with one attached hydrogen (secondary N) is 1. The third kappa shape index (κ3) is 8.31. The van der Waals surface area contributed by atoms with Crippen LogP contribution in [0.5, 0.6) is 0 Å². The van der Waals surface area contributed by atoms with Crippen LogP contribution in [0.2, 0.25) is 25.7 Å². The Labute approximate surface area is 187 Å². The second kappa shape index (κ2) is 9.75. The molecule has 2 N–H and O–H groups in total. The lowest BCUT2D eigenvalue weighted by Gasteiger charge is -2.49. The highest BCUT2D eigenvalue weighted by atomic mass is 35.6. The molecule has 2 fully saturated rings. The Morgan fingerprint density at radius 2 is 1.97 bits per heavy atom. The van der Waals surface area contributed by atoms with E-state index >= 15 is 0 Å². The average molecular weight is 495 g/mol. The number of carbonyl (C=O) groups excluding carboxylic acids is 1. The van der Waals surface area contributed by atoms with Crippen molar-refractivity contribution < 1.29 is 33.6 Å². The van der Waals surface area contributed by atoms with Crippen molar-refractivity contribution in [3.8, 4) is 0 Å². The van der Waals surface area contributed by atoms with E-state index in [1.807, 2.05) is 0 Å². The predicted molar refractivity (Wildman–Crippen MR) is 112 cm³/mol. The van der Waals surface area contributed by atoms with Gasteiger partial charge in [0.2, 0.25) is 3.79 Å². The first kappa shape index (κ1) is 25.4. The van der Waals surface area contributed by atoms with E-state index in [2.05, 4.69) is 25.0 Å². The average Bonchev–Trinajstić information content (AvgIpc) is 2.55. The quantitative estimate of drug-likeness (QED) is 0.433. The van der Waals surface area contributed by atoms with Crippen molar-refractivity contribution in [3.05, 3.63) is 0 Å². The maximum atomic E-state index is 12.2. The summed E-state index contributed by atoms with van der Waals surface area (Å²) in [6.07, 6.45) is -4.14. The van der Waals surface area contributed by atoms with E-state index in [9.17, 15) is 9.90 Å². The standard InChI is InChI=1S/C17H30Cl3NO7Si/c1-16(2)26-8-10-13(28-16)12(22)11(21-15(23)25-9-17(18,19)20)14(27-10)24-6-7-29(3,4)5/h10-14,22H,6-9H2,1-5H3,(H,21,23)/t10-,11-,12-,13-,14+/m1/s1. The highest BCUT2D eigenvalue weighted by Crippen LogP contribution is 2.33. The molecule has 0 spiro atoms. The summed E-state index contributed by atoms with van der Waals surface area (Å²) in [7, 11) is -1.35. The lowest BCUT2D eigenvalue weighted by Crippen LogP contribution is -2.68. The molecule has 0 unspecified atom stereocenters. The zero-order chi connectivity index (χ0) is 22.0. The highest BCUT2D eigenvalue weighted by Gasteiger charge is 2.52. The number of halogens is 3. The van der Waals surface area contributed by atoms with Crippen molar-refractivity contribution >= 4 is 49.0 Å². The number of alkyl carbamates (subject to hydrolysis) is 1. The van der Waals surface area contributed by atoms with E-state index in [4.69, 9.17) is 58.5 Å². The van der Waals surface area contributed by atoms with E-state index in [1.165, 1.54) is 0 Å². The van der Waals surface area contributed by atoms with Crippen LogP contribution >= 0.6 is 34.8 Å². The molecule has 2 aliphatic rings. The van der Waals surface area contributed by atoms with E-state index in [0.29, 0.717) is 6.61 Å². The number of hydrogen-bond donors (Lipinski definition) is 2. The number of fused-ring (bicyclic) bond motifs is 1. The monoisotopic (exact) mass is 493 g/mol. The first-order valence-corrected chi connectivity index (χ1v) is 14.3. The molecule has 2 aliphatic heterocycles. The van der Waals surface area contributed by atoms with Gasteiger partial charge in [-0.1, -0.05) is 54.4 Å². The molecule has 0 aromatic carbocycles. The van der Waals surface area contributed by atoms with E-state index in [0.717, 1.165) is 6.04 Å². The first-order valence-electron chi connectivity index (χ1n) is 9.44. The molecule has 5 atom stereocenters. The molecule has 170 valence electrons. The minimum Gasteiger partial charge on any atom is -0.445 e. The Morgan fingerprint density at radius 1 is 1.31 bits per heavy atom. The van der Waals surface area contributed by atoms with Crippen LogP contribution < -0.4 is 5.32 Å². The molecule has 0 aromatic rings. The summed E-state index contributed by atoms with van der Waals surface area (Å²) in [5.41, 5.74) is 0. The van der Waals surface area contributed by atoms with Gasteiger partial charge in [0.25, 0.3) is 0 Å². The van der Waals surface area contributed by atoms with Crippen LogP contribution in [0.15, 0.2) is 0 Å². The molecule has 1 amide bonds. The van der Waals surface area contributed by atoms with Gasteiger partial charge in [-0.3, -0.25) is 0 Å². The second-order valence-corrected chi connectivity index (χ2v) is 17.0. The summed E-state index contributed by atoms with van der Waals surface area (Å²) in [5.74, 6) is -0.891. The van der Waals surface area contributed by atoms with Gasteiger partial charge >= 0.3 is 6.09 Å². The molecule has 2 rings (SSSR count). The van der Waals surface area contributed by atoms with Crippen molar-refractivity contribution in [2.75, 3.05) is 19.8 Å². The summed E-state index contributed by atoms with van der Waals surface area (Å²) in [6, 6.07) is -0.0451. The Morgan fingerprint density at radius 3 is 2.55 bits per heavy atom. The Balaban J connectivity index is 2.08. The molecule has 0 radical (unpaired) electrons. The van der Waals surface area contributed by atoms with Gasteiger partial charge in [-0.2, -0.15) is 0 Å². The predicted octanol–water partition coefficient (Wildman–Crippen LogP) is 3.04. The fourth-order valence-corrected chi connectivity index (χ4v) is 3.84. The SMILES string of the molecule is CC1(C)OC[C@H]2O[C@H](OCC[Si](C)(C)C)[C@H](NC(=O)OCC(Cl)(Cl)Cl)[C@@H](O)[C@@H]2O1. The number of carbonyl (C=O) groups is 1. The fraction of sp³-hybridized carbons (Fsp3) is 0.941. The number of aliphatic hydroxyl groups excluding tert-OH is 1. The van der Waals surface area contributed by atoms with Gasteiger partial charge < -0.3 is 34.1 Å². The first-order chi connectivity index (χ1) is 13.2. The number of hydrogen-bond acceptors (Lipinski definition) is 7. The number of ether oxygens (including phenoxy) is 5.